The Labute approximate surface area is 108 Å². The fraction of sp³-hybridized carbons (Fsp3) is 0.833. The molecule has 0 rings (SSSR count). The van der Waals surface area contributed by atoms with Crippen molar-refractivity contribution in [3.8, 4) is 0 Å². The van der Waals surface area contributed by atoms with Gasteiger partial charge in [-0.25, -0.2) is 9.59 Å². The molecule has 0 radical (unpaired) electrons. The molecule has 0 aliphatic heterocycles. The maximum Gasteiger partial charge on any atom is 0.326 e. The number of urea groups is 1. The summed E-state index contributed by atoms with van der Waals surface area (Å²) in [5.41, 5.74) is 0. The molecule has 0 heterocycles. The van der Waals surface area contributed by atoms with E-state index in [1.165, 1.54) is 4.90 Å². The predicted octanol–water partition coefficient (Wildman–Crippen LogP) is 1.16. The molecule has 0 bridgehead atoms. The summed E-state index contributed by atoms with van der Waals surface area (Å²) < 4.78 is 4.89. The lowest BCUT2D eigenvalue weighted by molar-refractivity contribution is -0.140. The van der Waals surface area contributed by atoms with Crippen LogP contribution in [0.25, 0.3) is 0 Å². The van der Waals surface area contributed by atoms with Crippen LogP contribution in [-0.2, 0) is 9.53 Å². The van der Waals surface area contributed by atoms with Crippen molar-refractivity contribution in [3.05, 3.63) is 0 Å². The van der Waals surface area contributed by atoms with Gasteiger partial charge in [-0.1, -0.05) is 20.3 Å². The van der Waals surface area contributed by atoms with E-state index in [1.807, 2.05) is 13.8 Å². The molecule has 0 fully saturated rings. The van der Waals surface area contributed by atoms with Gasteiger partial charge >= 0.3 is 12.0 Å². The molecule has 2 amide bonds. The molecule has 0 saturated carbocycles. The lowest BCUT2D eigenvalue weighted by Gasteiger charge is -2.24. The van der Waals surface area contributed by atoms with Crippen LogP contribution in [-0.4, -0.2) is 55.4 Å². The first-order valence-corrected chi connectivity index (χ1v) is 6.17. The molecule has 0 aliphatic carbocycles. The standard InChI is InChI=1S/C12H24N2O4/c1-5-9(2)10(11(15)16)13-12(17)14(3)7-6-8-18-4/h9-10H,5-8H2,1-4H3,(H,13,17)(H,15,16)/t9-,10-/m0/s1. The average Bonchev–Trinajstić information content (AvgIpc) is 2.34. The van der Waals surface area contributed by atoms with E-state index in [-0.39, 0.29) is 11.9 Å². The number of hydrogen-bond acceptors (Lipinski definition) is 3. The third kappa shape index (κ3) is 5.86. The highest BCUT2D eigenvalue weighted by Gasteiger charge is 2.26. The van der Waals surface area contributed by atoms with E-state index in [0.717, 1.165) is 6.42 Å². The van der Waals surface area contributed by atoms with E-state index in [2.05, 4.69) is 5.32 Å². The first-order valence-electron chi connectivity index (χ1n) is 6.17. The number of amides is 2. The van der Waals surface area contributed by atoms with Crippen molar-refractivity contribution in [2.45, 2.75) is 32.7 Å². The summed E-state index contributed by atoms with van der Waals surface area (Å²) in [7, 11) is 3.24. The minimum absolute atomic E-state index is 0.0983. The third-order valence-electron chi connectivity index (χ3n) is 2.95. The molecular formula is C12H24N2O4. The Bertz CT molecular complexity index is 271. The monoisotopic (exact) mass is 260 g/mol. The number of ether oxygens (including phenoxy) is 1. The van der Waals surface area contributed by atoms with Crippen LogP contribution < -0.4 is 5.32 Å². The van der Waals surface area contributed by atoms with E-state index in [9.17, 15) is 9.59 Å². The average molecular weight is 260 g/mol. The quantitative estimate of drug-likeness (QED) is 0.642. The smallest absolute Gasteiger partial charge is 0.326 e. The predicted molar refractivity (Wildman–Crippen MR) is 68.5 cm³/mol. The van der Waals surface area contributed by atoms with Crippen molar-refractivity contribution in [2.24, 2.45) is 5.92 Å². The Morgan fingerprint density at radius 1 is 1.44 bits per heavy atom. The first kappa shape index (κ1) is 16.7. The fourth-order valence-electron chi connectivity index (χ4n) is 1.47. The van der Waals surface area contributed by atoms with Crippen molar-refractivity contribution in [3.63, 3.8) is 0 Å². The number of hydrogen-bond donors (Lipinski definition) is 2. The van der Waals surface area contributed by atoms with Gasteiger partial charge in [0, 0.05) is 27.3 Å². The van der Waals surface area contributed by atoms with Gasteiger partial charge in [0.1, 0.15) is 6.04 Å². The van der Waals surface area contributed by atoms with Crippen LogP contribution in [0.15, 0.2) is 0 Å². The summed E-state index contributed by atoms with van der Waals surface area (Å²) >= 11 is 0. The fourth-order valence-corrected chi connectivity index (χ4v) is 1.47. The molecule has 0 aliphatic rings. The minimum Gasteiger partial charge on any atom is -0.480 e. The third-order valence-corrected chi connectivity index (χ3v) is 2.95. The highest BCUT2D eigenvalue weighted by Crippen LogP contribution is 2.08. The van der Waals surface area contributed by atoms with E-state index in [0.29, 0.717) is 19.6 Å². The maximum atomic E-state index is 11.8. The van der Waals surface area contributed by atoms with Gasteiger partial charge in [0.05, 0.1) is 0 Å². The van der Waals surface area contributed by atoms with Crippen LogP contribution in [0.4, 0.5) is 4.79 Å². The summed E-state index contributed by atoms with van der Waals surface area (Å²) in [6.45, 7) is 4.82. The number of carboxylic acid groups (broad SMARTS) is 1. The molecule has 0 spiro atoms. The number of aliphatic carboxylic acids is 1. The largest absolute Gasteiger partial charge is 0.480 e. The minimum atomic E-state index is -0.997. The Morgan fingerprint density at radius 3 is 2.50 bits per heavy atom. The number of methoxy groups -OCH3 is 1. The number of rotatable bonds is 8. The highest BCUT2D eigenvalue weighted by atomic mass is 16.5. The SMILES string of the molecule is CC[C@H](C)[C@H](NC(=O)N(C)CCCOC)C(=O)O. The van der Waals surface area contributed by atoms with Crippen molar-refractivity contribution >= 4 is 12.0 Å². The summed E-state index contributed by atoms with van der Waals surface area (Å²) in [5.74, 6) is -1.10. The molecule has 6 nitrogen and oxygen atoms in total. The van der Waals surface area contributed by atoms with Crippen LogP contribution in [0.2, 0.25) is 0 Å². The number of nitrogens with one attached hydrogen (secondary N) is 1. The second-order valence-corrected chi connectivity index (χ2v) is 4.42. The van der Waals surface area contributed by atoms with E-state index >= 15 is 0 Å². The van der Waals surface area contributed by atoms with Crippen LogP contribution in [0.3, 0.4) is 0 Å². The van der Waals surface area contributed by atoms with E-state index in [1.54, 1.807) is 14.2 Å². The number of carbonyl (C=O) groups is 2. The zero-order valence-corrected chi connectivity index (χ0v) is 11.6. The van der Waals surface area contributed by atoms with Gasteiger partial charge < -0.3 is 20.1 Å². The normalized spacial score (nSPS) is 13.8. The molecule has 0 unspecified atom stereocenters. The van der Waals surface area contributed by atoms with Crippen molar-refractivity contribution < 1.29 is 19.4 Å². The lowest BCUT2D eigenvalue weighted by atomic mass is 9.99. The van der Waals surface area contributed by atoms with Crippen LogP contribution in [0.5, 0.6) is 0 Å². The van der Waals surface area contributed by atoms with Gasteiger partial charge in [-0.3, -0.25) is 0 Å². The van der Waals surface area contributed by atoms with Crippen LogP contribution in [0, 0.1) is 5.92 Å². The van der Waals surface area contributed by atoms with Crippen LogP contribution in [0.1, 0.15) is 26.7 Å². The van der Waals surface area contributed by atoms with Gasteiger partial charge in [0.25, 0.3) is 0 Å². The van der Waals surface area contributed by atoms with Gasteiger partial charge in [-0.2, -0.15) is 0 Å². The number of nitrogens with zero attached hydrogens (tertiary/aromatic N) is 1. The molecule has 18 heavy (non-hydrogen) atoms. The Morgan fingerprint density at radius 2 is 2.06 bits per heavy atom. The summed E-state index contributed by atoms with van der Waals surface area (Å²) in [4.78, 5) is 24.3. The van der Waals surface area contributed by atoms with Gasteiger partial charge in [0.2, 0.25) is 0 Å². The van der Waals surface area contributed by atoms with Gasteiger partial charge in [-0.15, -0.1) is 0 Å². The zero-order valence-electron chi connectivity index (χ0n) is 11.6. The lowest BCUT2D eigenvalue weighted by Crippen LogP contribution is -2.49. The summed E-state index contributed by atoms with van der Waals surface area (Å²) in [5, 5.41) is 11.6. The van der Waals surface area contributed by atoms with Gasteiger partial charge in [-0.05, 0) is 12.3 Å². The van der Waals surface area contributed by atoms with E-state index < -0.39 is 12.0 Å². The molecule has 0 aromatic carbocycles. The van der Waals surface area contributed by atoms with Crippen LogP contribution >= 0.6 is 0 Å². The number of carbonyl (C=O) groups excluding carboxylic acids is 1. The summed E-state index contributed by atoms with van der Waals surface area (Å²) in [6.07, 6.45) is 1.42. The summed E-state index contributed by atoms with van der Waals surface area (Å²) in [6, 6.07) is -1.20. The van der Waals surface area contributed by atoms with Crippen molar-refractivity contribution in [1.29, 1.82) is 0 Å². The highest BCUT2D eigenvalue weighted by molar-refractivity contribution is 5.82. The second-order valence-electron chi connectivity index (χ2n) is 4.42. The molecule has 106 valence electrons. The molecule has 0 saturated heterocycles. The maximum absolute atomic E-state index is 11.8. The first-order chi connectivity index (χ1) is 8.43. The van der Waals surface area contributed by atoms with Gasteiger partial charge in [0.15, 0.2) is 0 Å². The molecule has 2 atom stereocenters. The topological polar surface area (TPSA) is 78.9 Å². The second kappa shape index (κ2) is 8.74. The van der Waals surface area contributed by atoms with Crippen molar-refractivity contribution in [1.82, 2.24) is 10.2 Å². The number of carboxylic acids is 1. The Hall–Kier alpha value is -1.30. The molecule has 0 aromatic heterocycles. The van der Waals surface area contributed by atoms with Crippen molar-refractivity contribution in [2.75, 3.05) is 27.3 Å². The molecule has 0 aromatic rings. The Balaban J connectivity index is 4.28. The van der Waals surface area contributed by atoms with E-state index in [4.69, 9.17) is 9.84 Å². The molecule has 6 heteroatoms. The Kier molecular flexibility index (Phi) is 8.11. The molecule has 2 N–H and O–H groups in total. The molecular weight excluding hydrogens is 236 g/mol. The zero-order chi connectivity index (χ0) is 14.1.